The van der Waals surface area contributed by atoms with Gasteiger partial charge in [0.25, 0.3) is 0 Å². The second kappa shape index (κ2) is 14.0. The summed E-state index contributed by atoms with van der Waals surface area (Å²) >= 11 is 0. The number of carbonyl (C=O) groups is 2. The van der Waals surface area contributed by atoms with Crippen molar-refractivity contribution in [2.75, 3.05) is 19.7 Å². The van der Waals surface area contributed by atoms with E-state index in [1.165, 1.54) is 44.9 Å². The zero-order valence-corrected chi connectivity index (χ0v) is 26.5. The summed E-state index contributed by atoms with van der Waals surface area (Å²) in [6, 6.07) is 0.189. The Morgan fingerprint density at radius 1 is 0.881 bits per heavy atom. The van der Waals surface area contributed by atoms with Crippen molar-refractivity contribution in [2.45, 2.75) is 135 Å². The largest absolute Gasteiger partial charge is 0.444 e. The first-order valence-corrected chi connectivity index (χ1v) is 17.3. The van der Waals surface area contributed by atoms with E-state index >= 15 is 0 Å². The molecule has 238 valence electrons. The van der Waals surface area contributed by atoms with Crippen molar-refractivity contribution in [1.82, 2.24) is 15.5 Å². The Balaban J connectivity index is 1.26. The number of hydrogen-bond acceptors (Lipinski definition) is 6. The van der Waals surface area contributed by atoms with E-state index in [-0.39, 0.29) is 36.4 Å². The molecule has 2 amide bonds. The van der Waals surface area contributed by atoms with Gasteiger partial charge in [-0.3, -0.25) is 20.4 Å². The Morgan fingerprint density at radius 2 is 1.60 bits per heavy atom. The summed E-state index contributed by atoms with van der Waals surface area (Å²) in [7, 11) is 0. The molecule has 42 heavy (non-hydrogen) atoms. The molecule has 1 heterocycles. The number of alkyl carbamates (subject to hydrolysis) is 1. The number of amides is 2. The van der Waals surface area contributed by atoms with Crippen LogP contribution in [-0.2, 0) is 9.53 Å². The van der Waals surface area contributed by atoms with Crippen molar-refractivity contribution in [3.63, 3.8) is 0 Å². The van der Waals surface area contributed by atoms with Gasteiger partial charge in [0, 0.05) is 31.7 Å². The monoisotopic (exact) mass is 586 g/mol. The van der Waals surface area contributed by atoms with Crippen LogP contribution < -0.4 is 10.6 Å². The van der Waals surface area contributed by atoms with Crippen molar-refractivity contribution < 1.29 is 19.4 Å². The fraction of sp³-hybridized carbons (Fsp3) is 0.912. The van der Waals surface area contributed by atoms with Gasteiger partial charge in [0.15, 0.2) is 0 Å². The quantitative estimate of drug-likeness (QED) is 0.220. The minimum Gasteiger partial charge on any atom is -0.444 e. The molecular weight excluding hydrogens is 528 g/mol. The van der Waals surface area contributed by atoms with Gasteiger partial charge in [-0.25, -0.2) is 4.79 Å². The van der Waals surface area contributed by atoms with Crippen molar-refractivity contribution in [3.8, 4) is 0 Å². The second-order valence-electron chi connectivity index (χ2n) is 15.5. The lowest BCUT2D eigenvalue weighted by Crippen LogP contribution is -2.52. The van der Waals surface area contributed by atoms with E-state index in [0.29, 0.717) is 23.7 Å². The lowest BCUT2D eigenvalue weighted by Gasteiger charge is -2.45. The summed E-state index contributed by atoms with van der Waals surface area (Å²) in [5, 5.41) is 24.3. The Labute approximate surface area is 254 Å². The standard InChI is InChI=1S/C34H58N4O4/c1-34(2,3)42-33(41)37-31(35)26-16-15-25-17-30(32(40)36-19-22-11-13-23(21-39)14-12-22)38(29(25)18-26)20-27-9-6-8-24-7-4-5-10-28(24)27/h22-30,39H,4-21H2,1-3H3,(H,36,40)(H2,35,37,41). The van der Waals surface area contributed by atoms with Crippen LogP contribution in [0.15, 0.2) is 0 Å². The summed E-state index contributed by atoms with van der Waals surface area (Å²) in [4.78, 5) is 28.9. The van der Waals surface area contributed by atoms with E-state index in [1.807, 2.05) is 20.8 Å². The molecule has 4 saturated carbocycles. The minimum absolute atomic E-state index is 0.0152. The van der Waals surface area contributed by atoms with Crippen molar-refractivity contribution in [1.29, 1.82) is 5.41 Å². The number of likely N-dealkylation sites (tertiary alicyclic amines) is 1. The molecule has 1 aliphatic heterocycles. The van der Waals surface area contributed by atoms with Crippen LogP contribution in [0.1, 0.15) is 117 Å². The maximum Gasteiger partial charge on any atom is 0.413 e. The maximum absolute atomic E-state index is 13.9. The fourth-order valence-corrected chi connectivity index (χ4v) is 9.39. The zero-order valence-electron chi connectivity index (χ0n) is 26.5. The van der Waals surface area contributed by atoms with Gasteiger partial charge in [0.05, 0.1) is 6.04 Å². The number of rotatable bonds is 7. The van der Waals surface area contributed by atoms with E-state index in [2.05, 4.69) is 15.5 Å². The number of ether oxygens (including phenoxy) is 1. The van der Waals surface area contributed by atoms with Crippen molar-refractivity contribution >= 4 is 17.8 Å². The van der Waals surface area contributed by atoms with Gasteiger partial charge < -0.3 is 15.2 Å². The average Bonchev–Trinajstić information content (AvgIpc) is 3.33. The number of aliphatic hydroxyl groups is 1. The molecule has 0 aromatic heterocycles. The third kappa shape index (κ3) is 7.88. The highest BCUT2D eigenvalue weighted by Gasteiger charge is 2.49. The molecule has 8 heteroatoms. The second-order valence-corrected chi connectivity index (χ2v) is 15.5. The van der Waals surface area contributed by atoms with E-state index in [1.54, 1.807) is 0 Å². The Bertz CT molecular complexity index is 940. The smallest absolute Gasteiger partial charge is 0.413 e. The Kier molecular flexibility index (Phi) is 10.6. The lowest BCUT2D eigenvalue weighted by molar-refractivity contribution is -0.126. The first kappa shape index (κ1) is 31.7. The van der Waals surface area contributed by atoms with Crippen LogP contribution in [0.5, 0.6) is 0 Å². The van der Waals surface area contributed by atoms with Gasteiger partial charge in [0.2, 0.25) is 5.91 Å². The molecule has 5 rings (SSSR count). The molecule has 0 radical (unpaired) electrons. The molecule has 4 aliphatic carbocycles. The summed E-state index contributed by atoms with van der Waals surface area (Å²) in [6.07, 6.45) is 16.8. The van der Waals surface area contributed by atoms with E-state index in [9.17, 15) is 14.7 Å². The lowest BCUT2D eigenvalue weighted by atomic mass is 9.65. The Hall–Kier alpha value is -1.67. The summed E-state index contributed by atoms with van der Waals surface area (Å²) < 4.78 is 5.43. The number of amidine groups is 1. The molecule has 1 saturated heterocycles. The first-order chi connectivity index (χ1) is 20.1. The molecule has 0 aromatic carbocycles. The van der Waals surface area contributed by atoms with Crippen LogP contribution in [0.4, 0.5) is 4.79 Å². The van der Waals surface area contributed by atoms with Crippen LogP contribution in [0, 0.1) is 46.8 Å². The van der Waals surface area contributed by atoms with Crippen molar-refractivity contribution in [3.05, 3.63) is 0 Å². The number of nitrogens with zero attached hydrogens (tertiary/aromatic N) is 1. The van der Waals surface area contributed by atoms with E-state index in [0.717, 1.165) is 76.3 Å². The number of hydrogen-bond donors (Lipinski definition) is 4. The molecule has 5 aliphatic rings. The highest BCUT2D eigenvalue weighted by atomic mass is 16.6. The number of aliphatic hydroxyl groups excluding tert-OH is 1. The van der Waals surface area contributed by atoms with Gasteiger partial charge in [0.1, 0.15) is 11.4 Å². The van der Waals surface area contributed by atoms with Gasteiger partial charge in [-0.15, -0.1) is 0 Å². The molecule has 7 unspecified atom stereocenters. The summed E-state index contributed by atoms with van der Waals surface area (Å²) in [5.41, 5.74) is -0.597. The average molecular weight is 587 g/mol. The summed E-state index contributed by atoms with van der Waals surface area (Å²) in [5.74, 6) is 4.18. The Morgan fingerprint density at radius 3 is 2.33 bits per heavy atom. The fourth-order valence-electron chi connectivity index (χ4n) is 9.39. The number of nitrogens with one attached hydrogen (secondary N) is 3. The van der Waals surface area contributed by atoms with Crippen LogP contribution in [-0.4, -0.2) is 65.2 Å². The molecule has 7 atom stereocenters. The predicted molar refractivity (Wildman–Crippen MR) is 165 cm³/mol. The van der Waals surface area contributed by atoms with Crippen LogP contribution in [0.25, 0.3) is 0 Å². The summed E-state index contributed by atoms with van der Waals surface area (Å²) in [6.45, 7) is 7.55. The van der Waals surface area contributed by atoms with Crippen LogP contribution in [0.2, 0.25) is 0 Å². The molecule has 5 fully saturated rings. The molecular formula is C34H58N4O4. The number of carbonyl (C=O) groups excluding carboxylic acids is 2. The molecule has 8 nitrogen and oxygen atoms in total. The molecule has 0 aromatic rings. The van der Waals surface area contributed by atoms with Gasteiger partial charge >= 0.3 is 6.09 Å². The number of fused-ring (bicyclic) bond motifs is 2. The topological polar surface area (TPSA) is 115 Å². The van der Waals surface area contributed by atoms with E-state index in [4.69, 9.17) is 10.1 Å². The third-order valence-corrected chi connectivity index (χ3v) is 11.6. The molecule has 4 N–H and O–H groups in total. The highest BCUT2D eigenvalue weighted by Crippen LogP contribution is 2.47. The van der Waals surface area contributed by atoms with E-state index < -0.39 is 11.7 Å². The minimum atomic E-state index is -0.597. The van der Waals surface area contributed by atoms with Crippen molar-refractivity contribution in [2.24, 2.45) is 41.4 Å². The highest BCUT2D eigenvalue weighted by molar-refractivity contribution is 5.95. The van der Waals surface area contributed by atoms with Crippen LogP contribution in [0.3, 0.4) is 0 Å². The van der Waals surface area contributed by atoms with Gasteiger partial charge in [-0.1, -0.05) is 32.1 Å². The first-order valence-electron chi connectivity index (χ1n) is 17.3. The maximum atomic E-state index is 13.9. The normalized spacial score (nSPS) is 37.3. The molecule has 0 spiro atoms. The predicted octanol–water partition coefficient (Wildman–Crippen LogP) is 5.87. The zero-order chi connectivity index (χ0) is 29.9. The van der Waals surface area contributed by atoms with Crippen LogP contribution >= 0.6 is 0 Å². The SMILES string of the molecule is CC(C)(C)OC(=O)NC(=N)C1CCC2CC(C(=O)NCC3CCC(CO)CC3)N(CC3CCCC4CCCCC43)C2C1. The van der Waals surface area contributed by atoms with Gasteiger partial charge in [-0.2, -0.15) is 0 Å². The third-order valence-electron chi connectivity index (χ3n) is 11.6. The van der Waals surface area contributed by atoms with Gasteiger partial charge in [-0.05, 0) is 120 Å². The molecule has 0 bridgehead atoms.